The number of carbonyl (C=O) groups is 1. The van der Waals surface area contributed by atoms with Crippen molar-refractivity contribution >= 4 is 42.1 Å². The number of amides is 1. The molecular formula is C40H43BrFN7O10S2. The van der Waals surface area contributed by atoms with Crippen molar-refractivity contribution in [1.29, 1.82) is 5.26 Å². The Morgan fingerprint density at radius 1 is 0.934 bits per heavy atom. The SMILES string of the molecule is Cc1c(COc2cc(OCc3cncc(C#N)c3)c(CN(C)CC(=O)NCC(S(=O)(=O)O)S(=O)(=O)O)cc2Br)cccc1-c1cccc(OCc2cn(CCCF)nn2)c1C. The molecule has 2 aromatic heterocycles. The van der Waals surface area contributed by atoms with Crippen LogP contribution in [0.25, 0.3) is 11.1 Å². The molecule has 61 heavy (non-hydrogen) atoms. The van der Waals surface area contributed by atoms with Gasteiger partial charge in [-0.2, -0.15) is 22.1 Å². The lowest BCUT2D eigenvalue weighted by Gasteiger charge is -2.21. The molecule has 21 heteroatoms. The molecule has 0 saturated heterocycles. The lowest BCUT2D eigenvalue weighted by atomic mass is 9.93. The van der Waals surface area contributed by atoms with Gasteiger partial charge in [0.15, 0.2) is 0 Å². The molecular weight excluding hydrogens is 902 g/mol. The Labute approximate surface area is 361 Å². The third-order valence-electron chi connectivity index (χ3n) is 9.30. The average Bonchev–Trinajstić information content (AvgIpc) is 3.66. The fourth-order valence-electron chi connectivity index (χ4n) is 6.18. The molecule has 3 N–H and O–H groups in total. The van der Waals surface area contributed by atoms with E-state index < -0.39 is 43.9 Å². The minimum atomic E-state index is -5.24. The maximum Gasteiger partial charge on any atom is 0.286 e. The number of alkyl halides is 1. The Morgan fingerprint density at radius 2 is 1.62 bits per heavy atom. The van der Waals surface area contributed by atoms with Gasteiger partial charge in [-0.15, -0.1) is 5.10 Å². The van der Waals surface area contributed by atoms with Gasteiger partial charge in [-0.05, 0) is 89.3 Å². The number of hydrogen-bond donors (Lipinski definition) is 3. The van der Waals surface area contributed by atoms with Gasteiger partial charge in [0, 0.05) is 42.7 Å². The molecule has 1 amide bonds. The molecule has 0 aliphatic heterocycles. The highest BCUT2D eigenvalue weighted by Crippen LogP contribution is 2.37. The van der Waals surface area contributed by atoms with Crippen LogP contribution in [0.3, 0.4) is 0 Å². The fourth-order valence-corrected chi connectivity index (χ4v) is 8.50. The zero-order valence-electron chi connectivity index (χ0n) is 33.3. The predicted octanol–water partition coefficient (Wildman–Crippen LogP) is 5.34. The minimum absolute atomic E-state index is 0.0251. The molecule has 3 aromatic carbocycles. The summed E-state index contributed by atoms with van der Waals surface area (Å²) in [6.45, 7) is 3.06. The molecule has 0 radical (unpaired) electrons. The summed E-state index contributed by atoms with van der Waals surface area (Å²) < 4.78 is 95.1. The molecule has 2 heterocycles. The van der Waals surface area contributed by atoms with E-state index in [1.54, 1.807) is 42.3 Å². The number of benzene rings is 3. The Morgan fingerprint density at radius 3 is 2.33 bits per heavy atom. The zero-order valence-corrected chi connectivity index (χ0v) is 36.5. The second-order valence-electron chi connectivity index (χ2n) is 13.9. The number of nitrogens with zero attached hydrogens (tertiary/aromatic N) is 6. The van der Waals surface area contributed by atoms with Crippen LogP contribution in [0.1, 0.15) is 45.5 Å². The van der Waals surface area contributed by atoms with Gasteiger partial charge in [-0.1, -0.05) is 35.5 Å². The Kier molecular flexibility index (Phi) is 15.9. The number of rotatable bonds is 21. The van der Waals surface area contributed by atoms with Crippen LogP contribution in [-0.2, 0) is 57.9 Å². The lowest BCUT2D eigenvalue weighted by molar-refractivity contribution is -0.121. The molecule has 324 valence electrons. The van der Waals surface area contributed by atoms with Crippen LogP contribution in [0.4, 0.5) is 4.39 Å². The summed E-state index contributed by atoms with van der Waals surface area (Å²) in [4.78, 5) is 18.3. The van der Waals surface area contributed by atoms with Crippen LogP contribution in [0.2, 0.25) is 0 Å². The second kappa shape index (κ2) is 20.8. The smallest absolute Gasteiger partial charge is 0.286 e. The first kappa shape index (κ1) is 46.6. The van der Waals surface area contributed by atoms with Crippen LogP contribution in [0, 0.1) is 25.2 Å². The van der Waals surface area contributed by atoms with Crippen molar-refractivity contribution in [3.8, 4) is 34.4 Å². The molecule has 0 fully saturated rings. The highest BCUT2D eigenvalue weighted by atomic mass is 79.9. The van der Waals surface area contributed by atoms with E-state index in [0.717, 1.165) is 27.8 Å². The van der Waals surface area contributed by atoms with E-state index in [0.29, 0.717) is 57.1 Å². The average molecular weight is 945 g/mol. The maximum atomic E-state index is 12.7. The summed E-state index contributed by atoms with van der Waals surface area (Å²) in [5.41, 5.74) is 6.93. The lowest BCUT2D eigenvalue weighted by Crippen LogP contribution is -2.44. The fraction of sp³-hybridized carbons (Fsp3) is 0.325. The van der Waals surface area contributed by atoms with E-state index in [1.807, 2.05) is 56.3 Å². The Bertz CT molecular complexity index is 2590. The molecule has 0 bridgehead atoms. The van der Waals surface area contributed by atoms with Crippen molar-refractivity contribution in [2.24, 2.45) is 0 Å². The Balaban J connectivity index is 1.32. The van der Waals surface area contributed by atoms with Gasteiger partial charge in [0.2, 0.25) is 10.5 Å². The number of ether oxygens (including phenoxy) is 3. The van der Waals surface area contributed by atoms with E-state index >= 15 is 0 Å². The van der Waals surface area contributed by atoms with Gasteiger partial charge in [0.25, 0.3) is 20.2 Å². The molecule has 0 atom stereocenters. The van der Waals surface area contributed by atoms with Gasteiger partial charge >= 0.3 is 0 Å². The first-order valence-electron chi connectivity index (χ1n) is 18.5. The van der Waals surface area contributed by atoms with Gasteiger partial charge in [-0.25, -0.2) is 0 Å². The van der Waals surface area contributed by atoms with Crippen LogP contribution in [-0.4, -0.2) is 88.1 Å². The monoisotopic (exact) mass is 943 g/mol. The van der Waals surface area contributed by atoms with Crippen molar-refractivity contribution < 1.29 is 49.3 Å². The quantitative estimate of drug-likeness (QED) is 0.0788. The minimum Gasteiger partial charge on any atom is -0.488 e. The number of halogens is 2. The number of hydrogen-bond acceptors (Lipinski definition) is 13. The summed E-state index contributed by atoms with van der Waals surface area (Å²) in [5.74, 6) is 0.687. The van der Waals surface area contributed by atoms with Crippen molar-refractivity contribution in [3.63, 3.8) is 0 Å². The van der Waals surface area contributed by atoms with Gasteiger partial charge < -0.3 is 19.5 Å². The largest absolute Gasteiger partial charge is 0.488 e. The van der Waals surface area contributed by atoms with E-state index in [1.165, 1.54) is 11.1 Å². The van der Waals surface area contributed by atoms with Crippen LogP contribution >= 0.6 is 15.9 Å². The summed E-state index contributed by atoms with van der Waals surface area (Å²) in [7, 11) is -8.89. The topological polar surface area (TPSA) is 236 Å². The first-order chi connectivity index (χ1) is 29.0. The van der Waals surface area contributed by atoms with Crippen LogP contribution in [0.15, 0.2) is 77.7 Å². The standard InChI is InChI=1S/C40H43BrFN7O10S2/c1-26-30(7-4-8-33(26)34-9-5-10-36(27(34)2)59-25-32-21-49(47-46-32)12-6-11-42)24-58-38-15-37(57-23-29-13-28(16-43)17-44-18-29)31(14-35(38)41)20-48(3)22-39(50)45-19-40(60(51,52)53)61(54,55)56/h4-5,7-10,13-15,17-18,21,40H,6,11-12,19-20,22-25H2,1-3H3,(H,45,50)(H,51,52,53)(H,54,55,56). The number of pyridine rings is 1. The van der Waals surface area contributed by atoms with Gasteiger partial charge in [-0.3, -0.25) is 32.9 Å². The zero-order chi connectivity index (χ0) is 44.3. The van der Waals surface area contributed by atoms with E-state index in [2.05, 4.69) is 36.5 Å². The van der Waals surface area contributed by atoms with Crippen molar-refractivity contribution in [1.82, 2.24) is 30.2 Å². The normalized spacial score (nSPS) is 11.7. The number of nitriles is 1. The number of aryl methyl sites for hydroxylation is 1. The molecule has 5 rings (SSSR count). The summed E-state index contributed by atoms with van der Waals surface area (Å²) >= 11 is 3.60. The van der Waals surface area contributed by atoms with Crippen molar-refractivity contribution in [2.45, 2.75) is 57.8 Å². The van der Waals surface area contributed by atoms with Crippen molar-refractivity contribution in [2.75, 3.05) is 26.8 Å². The molecule has 0 spiro atoms. The second-order valence-corrected chi connectivity index (χ2v) is 18.3. The van der Waals surface area contributed by atoms with E-state index in [-0.39, 0.29) is 32.9 Å². The van der Waals surface area contributed by atoms with E-state index in [9.17, 15) is 40.4 Å². The van der Waals surface area contributed by atoms with Gasteiger partial charge in [0.1, 0.15) is 48.8 Å². The first-order valence-corrected chi connectivity index (χ1v) is 22.3. The highest BCUT2D eigenvalue weighted by Gasteiger charge is 2.36. The highest BCUT2D eigenvalue weighted by molar-refractivity contribution is 9.10. The maximum absolute atomic E-state index is 12.7. The molecule has 5 aromatic rings. The molecule has 0 unspecified atom stereocenters. The summed E-state index contributed by atoms with van der Waals surface area (Å²) in [6, 6.07) is 18.8. The van der Waals surface area contributed by atoms with Crippen molar-refractivity contribution in [3.05, 3.63) is 117 Å². The third-order valence-corrected chi connectivity index (χ3v) is 13.0. The van der Waals surface area contributed by atoms with Crippen LogP contribution in [0.5, 0.6) is 17.2 Å². The van der Waals surface area contributed by atoms with E-state index in [4.69, 9.17) is 14.2 Å². The van der Waals surface area contributed by atoms with Crippen LogP contribution < -0.4 is 19.5 Å². The molecule has 0 aliphatic carbocycles. The number of carbonyl (C=O) groups excluding carboxylic acids is 1. The number of nitrogens with one attached hydrogen (secondary N) is 1. The number of aromatic nitrogens is 4. The molecule has 17 nitrogen and oxygen atoms in total. The predicted molar refractivity (Wildman–Crippen MR) is 224 cm³/mol. The number of likely N-dealkylation sites (N-methyl/N-ethyl adjacent to an activating group) is 1. The third kappa shape index (κ3) is 13.0. The summed E-state index contributed by atoms with van der Waals surface area (Å²) in [5, 5.41) is 19.6. The molecule has 0 saturated carbocycles. The van der Waals surface area contributed by atoms with Gasteiger partial charge in [0.05, 0.1) is 36.0 Å². The summed E-state index contributed by atoms with van der Waals surface area (Å²) in [6.07, 6.45) is 5.08. The Hall–Kier alpha value is -5.50. The molecule has 0 aliphatic rings.